The largest absolute Gasteiger partial charge is 0.465 e. The number of rotatable bonds is 6. The molecule has 0 saturated carbocycles. The fourth-order valence-electron chi connectivity index (χ4n) is 2.25. The molecular formula is C15H20N2O2. The molecule has 1 atom stereocenters. The van der Waals surface area contributed by atoms with Crippen LogP contribution in [-0.2, 0) is 16.0 Å². The second kappa shape index (κ2) is 6.38. The van der Waals surface area contributed by atoms with E-state index in [2.05, 4.69) is 16.4 Å². The van der Waals surface area contributed by atoms with Crippen LogP contribution in [0.15, 0.2) is 30.5 Å². The Kier molecular flexibility index (Phi) is 4.58. The lowest BCUT2D eigenvalue weighted by molar-refractivity contribution is -0.145. The van der Waals surface area contributed by atoms with Gasteiger partial charge in [-0.3, -0.25) is 4.79 Å². The second-order valence-electron chi connectivity index (χ2n) is 4.43. The molecule has 4 nitrogen and oxygen atoms in total. The molecule has 0 aliphatic rings. The molecule has 0 saturated heterocycles. The van der Waals surface area contributed by atoms with Crippen LogP contribution in [0, 0.1) is 0 Å². The minimum atomic E-state index is -0.288. The molecule has 1 heterocycles. The van der Waals surface area contributed by atoms with Gasteiger partial charge in [-0.05, 0) is 25.1 Å². The van der Waals surface area contributed by atoms with E-state index in [0.29, 0.717) is 13.0 Å². The summed E-state index contributed by atoms with van der Waals surface area (Å²) in [7, 11) is 0. The molecule has 2 aromatic rings. The van der Waals surface area contributed by atoms with Crippen molar-refractivity contribution in [2.45, 2.75) is 26.3 Å². The van der Waals surface area contributed by atoms with E-state index in [0.717, 1.165) is 23.0 Å². The SMILES string of the molecule is CCN[C@@H](Cc1c[nH]c2ccccc12)C(=O)OCC. The highest BCUT2D eigenvalue weighted by Gasteiger charge is 2.20. The summed E-state index contributed by atoms with van der Waals surface area (Å²) < 4.78 is 5.11. The number of carbonyl (C=O) groups excluding carboxylic acids is 1. The minimum Gasteiger partial charge on any atom is -0.465 e. The van der Waals surface area contributed by atoms with Crippen molar-refractivity contribution < 1.29 is 9.53 Å². The van der Waals surface area contributed by atoms with Crippen molar-refractivity contribution in [2.75, 3.05) is 13.2 Å². The lowest BCUT2D eigenvalue weighted by atomic mass is 10.1. The predicted octanol–water partition coefficient (Wildman–Crippen LogP) is 2.25. The summed E-state index contributed by atoms with van der Waals surface area (Å²) in [6.45, 7) is 4.97. The molecule has 4 heteroatoms. The van der Waals surface area contributed by atoms with Gasteiger partial charge in [0.05, 0.1) is 6.61 Å². The van der Waals surface area contributed by atoms with Crippen LogP contribution < -0.4 is 5.32 Å². The first-order chi connectivity index (χ1) is 9.26. The maximum Gasteiger partial charge on any atom is 0.323 e. The Balaban J connectivity index is 2.18. The van der Waals surface area contributed by atoms with Gasteiger partial charge < -0.3 is 15.0 Å². The lowest BCUT2D eigenvalue weighted by Crippen LogP contribution is -2.39. The highest BCUT2D eigenvalue weighted by molar-refractivity contribution is 5.84. The smallest absolute Gasteiger partial charge is 0.323 e. The van der Waals surface area contributed by atoms with Gasteiger partial charge in [0, 0.05) is 23.5 Å². The maximum atomic E-state index is 11.9. The van der Waals surface area contributed by atoms with Crippen molar-refractivity contribution in [3.8, 4) is 0 Å². The maximum absolute atomic E-state index is 11.9. The van der Waals surface area contributed by atoms with Crippen LogP contribution >= 0.6 is 0 Å². The molecule has 0 radical (unpaired) electrons. The number of H-pyrrole nitrogens is 1. The highest BCUT2D eigenvalue weighted by atomic mass is 16.5. The van der Waals surface area contributed by atoms with Gasteiger partial charge in [0.25, 0.3) is 0 Å². The van der Waals surface area contributed by atoms with Crippen LogP contribution in [0.25, 0.3) is 10.9 Å². The van der Waals surface area contributed by atoms with E-state index < -0.39 is 0 Å². The number of fused-ring (bicyclic) bond motifs is 1. The molecule has 0 unspecified atom stereocenters. The zero-order valence-corrected chi connectivity index (χ0v) is 11.4. The van der Waals surface area contributed by atoms with Crippen molar-refractivity contribution in [1.82, 2.24) is 10.3 Å². The van der Waals surface area contributed by atoms with E-state index >= 15 is 0 Å². The second-order valence-corrected chi connectivity index (χ2v) is 4.43. The van der Waals surface area contributed by atoms with Crippen LogP contribution in [0.3, 0.4) is 0 Å². The molecule has 2 rings (SSSR count). The number of carbonyl (C=O) groups is 1. The van der Waals surface area contributed by atoms with E-state index in [9.17, 15) is 4.79 Å². The molecule has 0 spiro atoms. The predicted molar refractivity (Wildman–Crippen MR) is 76.1 cm³/mol. The van der Waals surface area contributed by atoms with Gasteiger partial charge in [0.1, 0.15) is 6.04 Å². The van der Waals surface area contributed by atoms with E-state index in [-0.39, 0.29) is 12.0 Å². The molecule has 2 N–H and O–H groups in total. The highest BCUT2D eigenvalue weighted by Crippen LogP contribution is 2.19. The summed E-state index contributed by atoms with van der Waals surface area (Å²) in [4.78, 5) is 15.1. The average Bonchev–Trinajstić information content (AvgIpc) is 2.82. The van der Waals surface area contributed by atoms with E-state index in [1.807, 2.05) is 38.2 Å². The third-order valence-electron chi connectivity index (χ3n) is 3.12. The van der Waals surface area contributed by atoms with Crippen molar-refractivity contribution in [3.63, 3.8) is 0 Å². The summed E-state index contributed by atoms with van der Waals surface area (Å²) in [6, 6.07) is 7.81. The first kappa shape index (κ1) is 13.6. The van der Waals surface area contributed by atoms with Crippen LogP contribution in [0.5, 0.6) is 0 Å². The zero-order valence-electron chi connectivity index (χ0n) is 11.4. The third-order valence-corrected chi connectivity index (χ3v) is 3.12. The van der Waals surface area contributed by atoms with E-state index in [1.54, 1.807) is 0 Å². The summed E-state index contributed by atoms with van der Waals surface area (Å²) in [5.74, 6) is -0.186. The first-order valence-corrected chi connectivity index (χ1v) is 6.71. The molecule has 0 amide bonds. The number of nitrogens with one attached hydrogen (secondary N) is 2. The Morgan fingerprint density at radius 1 is 1.37 bits per heavy atom. The fourth-order valence-corrected chi connectivity index (χ4v) is 2.25. The summed E-state index contributed by atoms with van der Waals surface area (Å²) in [5.41, 5.74) is 2.23. The van der Waals surface area contributed by atoms with E-state index in [1.165, 1.54) is 0 Å². The average molecular weight is 260 g/mol. The third kappa shape index (κ3) is 3.15. The Morgan fingerprint density at radius 3 is 2.89 bits per heavy atom. The van der Waals surface area contributed by atoms with Gasteiger partial charge in [0.2, 0.25) is 0 Å². The number of hydrogen-bond acceptors (Lipinski definition) is 3. The number of hydrogen-bond donors (Lipinski definition) is 2. The molecule has 0 aliphatic carbocycles. The summed E-state index contributed by atoms with van der Waals surface area (Å²) in [6.07, 6.45) is 2.60. The number of ether oxygens (including phenoxy) is 1. The first-order valence-electron chi connectivity index (χ1n) is 6.71. The number of esters is 1. The Labute approximate surface area is 113 Å². The zero-order chi connectivity index (χ0) is 13.7. The number of para-hydroxylation sites is 1. The molecule has 1 aromatic heterocycles. The van der Waals surface area contributed by atoms with Gasteiger partial charge >= 0.3 is 5.97 Å². The molecule has 0 aliphatic heterocycles. The topological polar surface area (TPSA) is 54.1 Å². The molecule has 0 fully saturated rings. The van der Waals surface area contributed by atoms with Crippen LogP contribution in [-0.4, -0.2) is 30.1 Å². The molecule has 102 valence electrons. The van der Waals surface area contributed by atoms with Gasteiger partial charge in [-0.25, -0.2) is 0 Å². The Morgan fingerprint density at radius 2 is 2.16 bits per heavy atom. The normalized spacial score (nSPS) is 12.5. The number of likely N-dealkylation sites (N-methyl/N-ethyl adjacent to an activating group) is 1. The minimum absolute atomic E-state index is 0.186. The lowest BCUT2D eigenvalue weighted by Gasteiger charge is -2.15. The van der Waals surface area contributed by atoms with Gasteiger partial charge in [-0.1, -0.05) is 25.1 Å². The summed E-state index contributed by atoms with van der Waals surface area (Å²) >= 11 is 0. The number of benzene rings is 1. The number of aromatic nitrogens is 1. The van der Waals surface area contributed by atoms with Gasteiger partial charge in [0.15, 0.2) is 0 Å². The van der Waals surface area contributed by atoms with E-state index in [4.69, 9.17) is 4.74 Å². The number of aromatic amines is 1. The standard InChI is InChI=1S/C15H20N2O2/c1-3-16-14(15(18)19-4-2)9-11-10-17-13-8-6-5-7-12(11)13/h5-8,10,14,16-17H,3-4,9H2,1-2H3/t14-/m0/s1. The fraction of sp³-hybridized carbons (Fsp3) is 0.400. The van der Waals surface area contributed by atoms with Crippen molar-refractivity contribution in [3.05, 3.63) is 36.0 Å². The molecular weight excluding hydrogens is 240 g/mol. The van der Waals surface area contributed by atoms with Crippen LogP contribution in [0.2, 0.25) is 0 Å². The summed E-state index contributed by atoms with van der Waals surface area (Å²) in [5, 5.41) is 4.34. The molecule has 19 heavy (non-hydrogen) atoms. The quantitative estimate of drug-likeness (QED) is 0.783. The Bertz CT molecular complexity index is 548. The Hall–Kier alpha value is -1.81. The van der Waals surface area contributed by atoms with Crippen LogP contribution in [0.4, 0.5) is 0 Å². The van der Waals surface area contributed by atoms with Gasteiger partial charge in [-0.2, -0.15) is 0 Å². The van der Waals surface area contributed by atoms with Gasteiger partial charge in [-0.15, -0.1) is 0 Å². The molecule has 1 aromatic carbocycles. The molecule has 0 bridgehead atoms. The monoisotopic (exact) mass is 260 g/mol. The van der Waals surface area contributed by atoms with Crippen LogP contribution in [0.1, 0.15) is 19.4 Å². The van der Waals surface area contributed by atoms with Crippen molar-refractivity contribution in [2.24, 2.45) is 0 Å². The van der Waals surface area contributed by atoms with Crippen molar-refractivity contribution in [1.29, 1.82) is 0 Å². The van der Waals surface area contributed by atoms with Crippen molar-refractivity contribution >= 4 is 16.9 Å².